The highest BCUT2D eigenvalue weighted by Crippen LogP contribution is 2.20. The van der Waals surface area contributed by atoms with Crippen LogP contribution < -0.4 is 10.7 Å². The molecular formula is C20H20ClN3O2. The van der Waals surface area contributed by atoms with E-state index in [4.69, 9.17) is 11.6 Å². The predicted molar refractivity (Wildman–Crippen MR) is 105 cm³/mol. The highest BCUT2D eigenvalue weighted by molar-refractivity contribution is 6.30. The lowest BCUT2D eigenvalue weighted by Crippen LogP contribution is -2.24. The summed E-state index contributed by atoms with van der Waals surface area (Å²) in [6.45, 7) is 6.44. The van der Waals surface area contributed by atoms with E-state index < -0.39 is 5.91 Å². The van der Waals surface area contributed by atoms with Crippen molar-refractivity contribution in [1.82, 2.24) is 9.55 Å². The fourth-order valence-electron chi connectivity index (χ4n) is 2.89. The maximum absolute atomic E-state index is 12.8. The van der Waals surface area contributed by atoms with Crippen molar-refractivity contribution >= 4 is 34.2 Å². The summed E-state index contributed by atoms with van der Waals surface area (Å²) in [4.78, 5) is 30.1. The largest absolute Gasteiger partial charge is 0.331 e. The first kappa shape index (κ1) is 18.1. The highest BCUT2D eigenvalue weighted by Gasteiger charge is 2.17. The number of aryl methyl sites for hydroxylation is 3. The molecule has 2 aromatic heterocycles. The number of amides is 1. The molecule has 6 heteroatoms. The van der Waals surface area contributed by atoms with Crippen LogP contribution in [0.5, 0.6) is 0 Å². The van der Waals surface area contributed by atoms with Crippen LogP contribution in [0, 0.1) is 13.8 Å². The van der Waals surface area contributed by atoms with Crippen LogP contribution in [0.25, 0.3) is 11.0 Å². The van der Waals surface area contributed by atoms with Crippen molar-refractivity contribution in [3.05, 3.63) is 68.6 Å². The maximum atomic E-state index is 12.8. The number of aromatic nitrogens is 2. The summed E-state index contributed by atoms with van der Waals surface area (Å²) in [6, 6.07) is 8.71. The topological polar surface area (TPSA) is 64.0 Å². The minimum Gasteiger partial charge on any atom is -0.331 e. The van der Waals surface area contributed by atoms with Crippen LogP contribution in [0.2, 0.25) is 5.02 Å². The average Bonchev–Trinajstić information content (AvgIpc) is 2.59. The predicted octanol–water partition coefficient (Wildman–Crippen LogP) is 4.33. The number of carbonyl (C=O) groups excluding carboxylic acids is 1. The Morgan fingerprint density at radius 2 is 2.00 bits per heavy atom. The van der Waals surface area contributed by atoms with Crippen LogP contribution >= 0.6 is 11.6 Å². The number of benzene rings is 1. The van der Waals surface area contributed by atoms with Gasteiger partial charge in [0, 0.05) is 29.1 Å². The second-order valence-corrected chi connectivity index (χ2v) is 6.74. The molecule has 0 saturated carbocycles. The maximum Gasteiger partial charge on any atom is 0.261 e. The van der Waals surface area contributed by atoms with Crippen molar-refractivity contribution < 1.29 is 4.79 Å². The summed E-state index contributed by atoms with van der Waals surface area (Å²) in [5.74, 6) is -0.437. The molecule has 0 spiro atoms. The van der Waals surface area contributed by atoms with E-state index in [9.17, 15) is 9.59 Å². The van der Waals surface area contributed by atoms with Crippen LogP contribution in [0.3, 0.4) is 0 Å². The number of hydrogen-bond donors (Lipinski definition) is 1. The van der Waals surface area contributed by atoms with Crippen molar-refractivity contribution in [1.29, 1.82) is 0 Å². The molecule has 1 amide bonds. The molecule has 0 atom stereocenters. The first-order chi connectivity index (χ1) is 12.4. The van der Waals surface area contributed by atoms with E-state index >= 15 is 0 Å². The van der Waals surface area contributed by atoms with Crippen molar-refractivity contribution in [2.24, 2.45) is 0 Å². The molecule has 26 heavy (non-hydrogen) atoms. The number of pyridine rings is 2. The van der Waals surface area contributed by atoms with E-state index in [0.29, 0.717) is 28.3 Å². The number of nitrogens with zero attached hydrogens (tertiary/aromatic N) is 2. The lowest BCUT2D eigenvalue weighted by atomic mass is 10.1. The zero-order chi connectivity index (χ0) is 18.8. The van der Waals surface area contributed by atoms with Gasteiger partial charge in [-0.05, 0) is 56.2 Å². The Labute approximate surface area is 156 Å². The normalized spacial score (nSPS) is 10.9. The van der Waals surface area contributed by atoms with Gasteiger partial charge >= 0.3 is 0 Å². The van der Waals surface area contributed by atoms with Crippen LogP contribution in [0.15, 0.2) is 41.3 Å². The molecule has 0 aliphatic heterocycles. The minimum atomic E-state index is -0.437. The van der Waals surface area contributed by atoms with Gasteiger partial charge in [-0.25, -0.2) is 4.98 Å². The Balaban J connectivity index is 2.09. The molecule has 0 aliphatic carbocycles. The van der Waals surface area contributed by atoms with Gasteiger partial charge in [-0.1, -0.05) is 18.5 Å². The van der Waals surface area contributed by atoms with Crippen LogP contribution in [0.1, 0.15) is 35.0 Å². The lowest BCUT2D eigenvalue weighted by molar-refractivity contribution is 0.102. The summed E-state index contributed by atoms with van der Waals surface area (Å²) in [5, 5.41) is 3.85. The number of rotatable bonds is 4. The zero-order valence-corrected chi connectivity index (χ0v) is 15.7. The second-order valence-electron chi connectivity index (χ2n) is 6.30. The number of nitrogens with one attached hydrogen (secondary N) is 1. The summed E-state index contributed by atoms with van der Waals surface area (Å²) in [5.41, 5.74) is 2.68. The molecular weight excluding hydrogens is 350 g/mol. The number of hydrogen-bond acceptors (Lipinski definition) is 3. The third-order valence-corrected chi connectivity index (χ3v) is 4.44. The van der Waals surface area contributed by atoms with Crippen molar-refractivity contribution in [3.63, 3.8) is 0 Å². The molecule has 2 heterocycles. The first-order valence-corrected chi connectivity index (χ1v) is 8.86. The van der Waals surface area contributed by atoms with Crippen LogP contribution in [-0.4, -0.2) is 15.5 Å². The first-order valence-electron chi connectivity index (χ1n) is 8.49. The molecule has 3 rings (SSSR count). The monoisotopic (exact) mass is 369 g/mol. The fraction of sp³-hybridized carbons (Fsp3) is 0.250. The van der Waals surface area contributed by atoms with Gasteiger partial charge < -0.3 is 9.88 Å². The summed E-state index contributed by atoms with van der Waals surface area (Å²) in [6.07, 6.45) is 2.46. The van der Waals surface area contributed by atoms with E-state index in [1.165, 1.54) is 0 Å². The van der Waals surface area contributed by atoms with E-state index in [0.717, 1.165) is 17.7 Å². The second kappa shape index (κ2) is 7.30. The number of halogens is 1. The summed E-state index contributed by atoms with van der Waals surface area (Å²) < 4.78 is 1.87. The quantitative estimate of drug-likeness (QED) is 0.744. The molecule has 0 aliphatic rings. The smallest absolute Gasteiger partial charge is 0.261 e. The molecule has 0 fully saturated rings. The molecule has 0 saturated heterocycles. The van der Waals surface area contributed by atoms with Crippen molar-refractivity contribution in [3.8, 4) is 0 Å². The van der Waals surface area contributed by atoms with Crippen molar-refractivity contribution in [2.75, 3.05) is 5.32 Å². The van der Waals surface area contributed by atoms with E-state index in [-0.39, 0.29) is 11.0 Å². The van der Waals surface area contributed by atoms with Crippen molar-refractivity contribution in [2.45, 2.75) is 33.7 Å². The summed E-state index contributed by atoms with van der Waals surface area (Å²) >= 11 is 5.96. The number of carbonyl (C=O) groups is 1. The Bertz CT molecular complexity index is 1060. The average molecular weight is 370 g/mol. The Hall–Kier alpha value is -2.66. The third kappa shape index (κ3) is 3.48. The van der Waals surface area contributed by atoms with E-state index in [1.54, 1.807) is 36.5 Å². The van der Waals surface area contributed by atoms with Crippen LogP contribution in [-0.2, 0) is 6.54 Å². The molecule has 0 radical (unpaired) electrons. The zero-order valence-electron chi connectivity index (χ0n) is 15.0. The van der Waals surface area contributed by atoms with Gasteiger partial charge in [0.1, 0.15) is 11.2 Å². The van der Waals surface area contributed by atoms with Gasteiger partial charge in [0.2, 0.25) is 5.43 Å². The number of fused-ring (bicyclic) bond motifs is 1. The highest BCUT2D eigenvalue weighted by atomic mass is 35.5. The minimum absolute atomic E-state index is 0.103. The lowest BCUT2D eigenvalue weighted by Gasteiger charge is -2.13. The molecule has 5 nitrogen and oxygen atoms in total. The summed E-state index contributed by atoms with van der Waals surface area (Å²) in [7, 11) is 0. The van der Waals surface area contributed by atoms with Gasteiger partial charge in [-0.15, -0.1) is 0 Å². The van der Waals surface area contributed by atoms with Crippen LogP contribution in [0.4, 0.5) is 5.69 Å². The molecule has 0 bridgehead atoms. The Morgan fingerprint density at radius 1 is 1.23 bits per heavy atom. The Morgan fingerprint density at radius 3 is 2.69 bits per heavy atom. The number of anilines is 1. The Kier molecular flexibility index (Phi) is 5.09. The molecule has 3 aromatic rings. The third-order valence-electron chi connectivity index (χ3n) is 4.21. The van der Waals surface area contributed by atoms with Gasteiger partial charge in [-0.2, -0.15) is 0 Å². The van der Waals surface area contributed by atoms with Gasteiger partial charge in [0.25, 0.3) is 5.91 Å². The standard InChI is InChI=1S/C20H20ClN3O2/c1-4-9-24-11-16(18(25)15-7-5-13(3)22-19(15)24)20(26)23-17-8-6-14(21)10-12(17)2/h5-8,10-11H,4,9H2,1-3H3,(H,23,26). The van der Waals surface area contributed by atoms with Gasteiger partial charge in [-0.3, -0.25) is 9.59 Å². The van der Waals surface area contributed by atoms with E-state index in [2.05, 4.69) is 10.3 Å². The van der Waals surface area contributed by atoms with Gasteiger partial charge in [0.05, 0.1) is 5.39 Å². The molecule has 1 aromatic carbocycles. The van der Waals surface area contributed by atoms with Gasteiger partial charge in [0.15, 0.2) is 0 Å². The fourth-order valence-corrected chi connectivity index (χ4v) is 3.12. The molecule has 1 N–H and O–H groups in total. The SMILES string of the molecule is CCCn1cc(C(=O)Nc2ccc(Cl)cc2C)c(=O)c2ccc(C)nc21. The molecule has 134 valence electrons. The van der Waals surface area contributed by atoms with E-state index in [1.807, 2.05) is 25.3 Å². The molecule has 0 unspecified atom stereocenters.